The van der Waals surface area contributed by atoms with Crippen LogP contribution in [0.2, 0.25) is 0 Å². The molecule has 1 aromatic rings. The van der Waals surface area contributed by atoms with Crippen LogP contribution in [0.5, 0.6) is 5.75 Å². The van der Waals surface area contributed by atoms with Crippen LogP contribution in [0.15, 0.2) is 18.2 Å². The minimum absolute atomic E-state index is 0.128. The summed E-state index contributed by atoms with van der Waals surface area (Å²) in [6.45, 7) is 7.51. The van der Waals surface area contributed by atoms with Gasteiger partial charge in [0.2, 0.25) is 0 Å². The Morgan fingerprint density at radius 3 is 2.41 bits per heavy atom. The van der Waals surface area contributed by atoms with E-state index in [-0.39, 0.29) is 5.60 Å². The van der Waals surface area contributed by atoms with Crippen LogP contribution in [0.4, 0.5) is 0 Å². The number of phenolic OH excluding ortho intramolecular Hbond substituents is 1. The lowest BCUT2D eigenvalue weighted by atomic mass is 9.89. The summed E-state index contributed by atoms with van der Waals surface area (Å²) in [5, 5.41) is 10.1. The largest absolute Gasteiger partial charge is 0.508 e. The first-order valence-corrected chi connectivity index (χ1v) is 10.8. The van der Waals surface area contributed by atoms with Gasteiger partial charge in [0.05, 0.1) is 0 Å². The van der Waals surface area contributed by atoms with Gasteiger partial charge in [-0.2, -0.15) is 0 Å². The van der Waals surface area contributed by atoms with Crippen LogP contribution in [0, 0.1) is 5.41 Å². The second kappa shape index (κ2) is 10.1. The molecule has 152 valence electrons. The zero-order valence-corrected chi connectivity index (χ0v) is 17.6. The fraction of sp³-hybridized carbons (Fsp3) is 0.708. The summed E-state index contributed by atoms with van der Waals surface area (Å²) in [6.07, 6.45) is 13.4. The van der Waals surface area contributed by atoms with Crippen LogP contribution < -0.4 is 0 Å². The number of ether oxygens (including phenoxy) is 1. The standard InChI is InChI=1S/C24H38O3/c1-23(2,3)14-8-4-6-10-20-12-13-22(26)21(18-20)11-7-5-9-15-24(16-17-24)27-19-25/h12-13,18-19,26H,4-11,14-17H2,1-3H3. The number of hydrogen-bond acceptors (Lipinski definition) is 3. The molecule has 3 heteroatoms. The fourth-order valence-corrected chi connectivity index (χ4v) is 3.76. The van der Waals surface area contributed by atoms with Crippen molar-refractivity contribution in [1.29, 1.82) is 0 Å². The number of carbonyl (C=O) groups excluding carboxylic acids is 1. The van der Waals surface area contributed by atoms with E-state index in [0.29, 0.717) is 17.6 Å². The van der Waals surface area contributed by atoms with Crippen molar-refractivity contribution in [3.8, 4) is 5.75 Å². The third-order valence-corrected chi connectivity index (χ3v) is 5.72. The molecular weight excluding hydrogens is 336 g/mol. The van der Waals surface area contributed by atoms with Gasteiger partial charge in [0.25, 0.3) is 6.47 Å². The second-order valence-corrected chi connectivity index (χ2v) is 9.54. The molecule has 0 amide bonds. The van der Waals surface area contributed by atoms with Crippen LogP contribution in [-0.2, 0) is 22.4 Å². The number of phenols is 1. The van der Waals surface area contributed by atoms with Crippen molar-refractivity contribution in [2.75, 3.05) is 0 Å². The van der Waals surface area contributed by atoms with E-state index >= 15 is 0 Å². The van der Waals surface area contributed by atoms with Crippen LogP contribution >= 0.6 is 0 Å². The molecule has 0 radical (unpaired) electrons. The minimum atomic E-state index is -0.128. The maximum atomic E-state index is 10.5. The van der Waals surface area contributed by atoms with E-state index < -0.39 is 0 Å². The highest BCUT2D eigenvalue weighted by molar-refractivity contribution is 5.39. The lowest BCUT2D eigenvalue weighted by Crippen LogP contribution is -2.12. The van der Waals surface area contributed by atoms with Crippen LogP contribution in [0.25, 0.3) is 0 Å². The Kier molecular flexibility index (Phi) is 8.19. The van der Waals surface area contributed by atoms with Crippen molar-refractivity contribution in [1.82, 2.24) is 0 Å². The molecule has 0 saturated heterocycles. The molecular formula is C24H38O3. The Hall–Kier alpha value is -1.51. The Labute approximate surface area is 165 Å². The van der Waals surface area contributed by atoms with Crippen molar-refractivity contribution >= 4 is 6.47 Å². The first kappa shape index (κ1) is 21.8. The summed E-state index contributed by atoms with van der Waals surface area (Å²) in [7, 11) is 0. The van der Waals surface area contributed by atoms with Crippen LogP contribution in [0.3, 0.4) is 0 Å². The summed E-state index contributed by atoms with van der Waals surface area (Å²) in [5.74, 6) is 0.425. The Bertz CT molecular complexity index is 582. The van der Waals surface area contributed by atoms with Gasteiger partial charge in [-0.15, -0.1) is 0 Å². The number of hydrogen-bond donors (Lipinski definition) is 1. The molecule has 3 nitrogen and oxygen atoms in total. The predicted octanol–water partition coefficient (Wildman–Crippen LogP) is 6.35. The average Bonchev–Trinajstić information content (AvgIpc) is 3.35. The Morgan fingerprint density at radius 1 is 1.04 bits per heavy atom. The van der Waals surface area contributed by atoms with Gasteiger partial charge in [-0.1, -0.05) is 52.2 Å². The van der Waals surface area contributed by atoms with Crippen molar-refractivity contribution < 1.29 is 14.6 Å². The molecule has 1 aromatic carbocycles. The quantitative estimate of drug-likeness (QED) is 0.323. The van der Waals surface area contributed by atoms with Gasteiger partial charge in [0, 0.05) is 0 Å². The summed E-state index contributed by atoms with van der Waals surface area (Å²) in [4.78, 5) is 10.5. The number of aromatic hydroxyl groups is 1. The monoisotopic (exact) mass is 374 g/mol. The van der Waals surface area contributed by atoms with Crippen molar-refractivity contribution in [3.63, 3.8) is 0 Å². The number of benzene rings is 1. The first-order valence-electron chi connectivity index (χ1n) is 10.8. The smallest absolute Gasteiger partial charge is 0.293 e. The normalized spacial score (nSPS) is 15.5. The molecule has 0 spiro atoms. The van der Waals surface area contributed by atoms with Crippen molar-refractivity contribution in [3.05, 3.63) is 29.3 Å². The molecule has 1 fully saturated rings. The highest BCUT2D eigenvalue weighted by Crippen LogP contribution is 2.43. The SMILES string of the molecule is CC(C)(C)CCCCCc1ccc(O)c(CCCCCC2(OC=O)CC2)c1. The fourth-order valence-electron chi connectivity index (χ4n) is 3.76. The third kappa shape index (κ3) is 8.36. The van der Waals surface area contributed by atoms with Gasteiger partial charge in [0.15, 0.2) is 0 Å². The average molecular weight is 375 g/mol. The summed E-state index contributed by atoms with van der Waals surface area (Å²) >= 11 is 0. The van der Waals surface area contributed by atoms with Crippen LogP contribution in [0.1, 0.15) is 96.1 Å². The van der Waals surface area contributed by atoms with Crippen LogP contribution in [-0.4, -0.2) is 17.2 Å². The summed E-state index contributed by atoms with van der Waals surface area (Å²) in [6, 6.07) is 6.12. The lowest BCUT2D eigenvalue weighted by molar-refractivity contribution is -0.135. The van der Waals surface area contributed by atoms with E-state index in [1.807, 2.05) is 6.07 Å². The van der Waals surface area contributed by atoms with E-state index in [2.05, 4.69) is 32.9 Å². The van der Waals surface area contributed by atoms with E-state index in [0.717, 1.165) is 56.9 Å². The minimum Gasteiger partial charge on any atom is -0.508 e. The number of rotatable bonds is 13. The van der Waals surface area contributed by atoms with E-state index in [1.54, 1.807) is 0 Å². The maximum Gasteiger partial charge on any atom is 0.293 e. The molecule has 1 aliphatic carbocycles. The molecule has 27 heavy (non-hydrogen) atoms. The highest BCUT2D eigenvalue weighted by Gasteiger charge is 2.44. The van der Waals surface area contributed by atoms with Gasteiger partial charge in [-0.25, -0.2) is 0 Å². The van der Waals surface area contributed by atoms with E-state index in [1.165, 1.54) is 31.2 Å². The first-order chi connectivity index (χ1) is 12.8. The number of carbonyl (C=O) groups is 1. The molecule has 1 N–H and O–H groups in total. The number of aryl methyl sites for hydroxylation is 2. The molecule has 0 heterocycles. The van der Waals surface area contributed by atoms with Gasteiger partial charge >= 0.3 is 0 Å². The molecule has 1 saturated carbocycles. The summed E-state index contributed by atoms with van der Waals surface area (Å²) < 4.78 is 5.19. The topological polar surface area (TPSA) is 46.5 Å². The second-order valence-electron chi connectivity index (χ2n) is 9.54. The molecule has 0 unspecified atom stereocenters. The number of unbranched alkanes of at least 4 members (excludes halogenated alkanes) is 4. The maximum absolute atomic E-state index is 10.5. The Balaban J connectivity index is 1.66. The van der Waals surface area contributed by atoms with Crippen molar-refractivity contribution in [2.45, 2.75) is 103 Å². The predicted molar refractivity (Wildman–Crippen MR) is 111 cm³/mol. The summed E-state index contributed by atoms with van der Waals surface area (Å²) in [5.41, 5.74) is 2.73. The molecule has 1 aliphatic rings. The van der Waals surface area contributed by atoms with Gasteiger partial charge < -0.3 is 9.84 Å². The Morgan fingerprint density at radius 2 is 1.74 bits per heavy atom. The third-order valence-electron chi connectivity index (χ3n) is 5.72. The zero-order valence-electron chi connectivity index (χ0n) is 17.6. The highest BCUT2D eigenvalue weighted by atomic mass is 16.5. The van der Waals surface area contributed by atoms with Gasteiger partial charge in [-0.3, -0.25) is 4.79 Å². The molecule has 0 aliphatic heterocycles. The molecule has 0 aromatic heterocycles. The molecule has 2 rings (SSSR count). The zero-order chi connectivity index (χ0) is 19.8. The van der Waals surface area contributed by atoms with Gasteiger partial charge in [0.1, 0.15) is 11.4 Å². The molecule has 0 bridgehead atoms. The lowest BCUT2D eigenvalue weighted by Gasteiger charge is -2.17. The van der Waals surface area contributed by atoms with E-state index in [4.69, 9.17) is 4.74 Å². The van der Waals surface area contributed by atoms with Crippen molar-refractivity contribution in [2.24, 2.45) is 5.41 Å². The van der Waals surface area contributed by atoms with Gasteiger partial charge in [-0.05, 0) is 80.4 Å². The van der Waals surface area contributed by atoms with E-state index in [9.17, 15) is 9.90 Å². The molecule has 0 atom stereocenters.